The van der Waals surface area contributed by atoms with Crippen molar-refractivity contribution in [2.45, 2.75) is 20.8 Å². The second-order valence-electron chi connectivity index (χ2n) is 6.29. The van der Waals surface area contributed by atoms with E-state index in [4.69, 9.17) is 0 Å². The van der Waals surface area contributed by atoms with Gasteiger partial charge in [0.05, 0.1) is 5.39 Å². The zero-order valence-electron chi connectivity index (χ0n) is 14.5. The zero-order valence-corrected chi connectivity index (χ0v) is 15.3. The number of fused-ring (bicyclic) bond motifs is 1. The Morgan fingerprint density at radius 1 is 0.920 bits per heavy atom. The van der Waals surface area contributed by atoms with E-state index in [2.05, 4.69) is 83.9 Å². The van der Waals surface area contributed by atoms with E-state index in [9.17, 15) is 0 Å². The lowest BCUT2D eigenvalue weighted by Gasteiger charge is -2.12. The molecule has 4 heteroatoms. The summed E-state index contributed by atoms with van der Waals surface area (Å²) in [5, 5.41) is 6.77. The molecule has 0 amide bonds. The molecule has 2 aromatic carbocycles. The average Bonchev–Trinajstić information content (AvgIpc) is 3.05. The third-order valence-electron chi connectivity index (χ3n) is 4.59. The SMILES string of the molecule is Cc1ccc(-c2csc3ncnc(Nc4cccc(C)c4C)c23)cc1. The summed E-state index contributed by atoms with van der Waals surface area (Å²) in [7, 11) is 0. The van der Waals surface area contributed by atoms with Crippen LogP contribution in [0.15, 0.2) is 54.2 Å². The molecule has 3 nitrogen and oxygen atoms in total. The van der Waals surface area contributed by atoms with Crippen LogP contribution >= 0.6 is 11.3 Å². The fourth-order valence-corrected chi connectivity index (χ4v) is 3.85. The van der Waals surface area contributed by atoms with Gasteiger partial charge in [0.2, 0.25) is 0 Å². The maximum absolute atomic E-state index is 4.53. The maximum atomic E-state index is 4.53. The predicted octanol–water partition coefficient (Wildman–Crippen LogP) is 6.03. The topological polar surface area (TPSA) is 37.8 Å². The second kappa shape index (κ2) is 6.30. The van der Waals surface area contributed by atoms with Crippen molar-refractivity contribution < 1.29 is 0 Å². The fraction of sp³-hybridized carbons (Fsp3) is 0.143. The Labute approximate surface area is 151 Å². The molecule has 1 N–H and O–H groups in total. The van der Waals surface area contributed by atoms with E-state index in [1.165, 1.54) is 27.8 Å². The van der Waals surface area contributed by atoms with Crippen LogP contribution in [0, 0.1) is 20.8 Å². The minimum absolute atomic E-state index is 0.857. The Bertz CT molecular complexity index is 1050. The number of hydrogen-bond donors (Lipinski definition) is 1. The van der Waals surface area contributed by atoms with Crippen LogP contribution < -0.4 is 5.32 Å². The minimum Gasteiger partial charge on any atom is -0.339 e. The lowest BCUT2D eigenvalue weighted by molar-refractivity contribution is 1.22. The van der Waals surface area contributed by atoms with Gasteiger partial charge in [0.1, 0.15) is 17.0 Å². The highest BCUT2D eigenvalue weighted by molar-refractivity contribution is 7.17. The summed E-state index contributed by atoms with van der Waals surface area (Å²) in [5.41, 5.74) is 7.21. The van der Waals surface area contributed by atoms with Crippen LogP contribution in [0.1, 0.15) is 16.7 Å². The first-order valence-electron chi connectivity index (χ1n) is 8.26. The molecule has 0 aliphatic rings. The number of nitrogens with zero attached hydrogens (tertiary/aromatic N) is 2. The molecular weight excluding hydrogens is 326 g/mol. The van der Waals surface area contributed by atoms with E-state index in [1.54, 1.807) is 17.7 Å². The largest absolute Gasteiger partial charge is 0.339 e. The summed E-state index contributed by atoms with van der Waals surface area (Å²) in [6.07, 6.45) is 1.63. The van der Waals surface area contributed by atoms with Crippen molar-refractivity contribution in [3.05, 3.63) is 70.9 Å². The van der Waals surface area contributed by atoms with Gasteiger partial charge in [-0.05, 0) is 43.5 Å². The van der Waals surface area contributed by atoms with Crippen molar-refractivity contribution in [1.82, 2.24) is 9.97 Å². The monoisotopic (exact) mass is 345 g/mol. The van der Waals surface area contributed by atoms with Crippen LogP contribution in [0.3, 0.4) is 0 Å². The van der Waals surface area contributed by atoms with Crippen LogP contribution in [0.2, 0.25) is 0 Å². The van der Waals surface area contributed by atoms with Crippen LogP contribution in [-0.4, -0.2) is 9.97 Å². The molecule has 0 spiro atoms. The zero-order chi connectivity index (χ0) is 17.4. The molecule has 0 radical (unpaired) electrons. The summed E-state index contributed by atoms with van der Waals surface area (Å²) >= 11 is 1.65. The Morgan fingerprint density at radius 2 is 1.72 bits per heavy atom. The number of aryl methyl sites for hydroxylation is 2. The molecule has 0 unspecified atom stereocenters. The van der Waals surface area contributed by atoms with Gasteiger partial charge in [-0.25, -0.2) is 9.97 Å². The van der Waals surface area contributed by atoms with E-state index >= 15 is 0 Å². The van der Waals surface area contributed by atoms with Crippen LogP contribution in [0.25, 0.3) is 21.3 Å². The summed E-state index contributed by atoms with van der Waals surface area (Å²) in [6, 6.07) is 14.9. The van der Waals surface area contributed by atoms with E-state index in [-0.39, 0.29) is 0 Å². The number of aromatic nitrogens is 2. The van der Waals surface area contributed by atoms with Gasteiger partial charge in [-0.3, -0.25) is 0 Å². The molecule has 0 saturated heterocycles. The summed E-state index contributed by atoms with van der Waals surface area (Å²) in [5.74, 6) is 0.857. The smallest absolute Gasteiger partial charge is 0.143 e. The lowest BCUT2D eigenvalue weighted by Crippen LogP contribution is -1.98. The molecular formula is C21H19N3S. The van der Waals surface area contributed by atoms with Crippen LogP contribution in [-0.2, 0) is 0 Å². The molecule has 4 aromatic rings. The summed E-state index contributed by atoms with van der Waals surface area (Å²) in [4.78, 5) is 9.99. The molecule has 0 aliphatic carbocycles. The second-order valence-corrected chi connectivity index (χ2v) is 7.15. The lowest BCUT2D eigenvalue weighted by atomic mass is 10.0. The molecule has 0 aliphatic heterocycles. The third-order valence-corrected chi connectivity index (χ3v) is 5.48. The fourth-order valence-electron chi connectivity index (χ4n) is 2.93. The van der Waals surface area contributed by atoms with Crippen LogP contribution in [0.4, 0.5) is 11.5 Å². The van der Waals surface area contributed by atoms with E-state index in [0.29, 0.717) is 0 Å². The molecule has 0 fully saturated rings. The first kappa shape index (κ1) is 15.8. The standard InChI is InChI=1S/C21H19N3S/c1-13-7-9-16(10-8-13)17-11-25-21-19(17)20(22-12-23-21)24-18-6-4-5-14(2)15(18)3/h4-12H,1-3H3,(H,22,23,24). The van der Waals surface area contributed by atoms with Gasteiger partial charge in [0, 0.05) is 16.6 Å². The Balaban J connectivity index is 1.86. The van der Waals surface area contributed by atoms with Crippen LogP contribution in [0.5, 0.6) is 0 Å². The highest BCUT2D eigenvalue weighted by Gasteiger charge is 2.14. The first-order chi connectivity index (χ1) is 12.1. The van der Waals surface area contributed by atoms with Crippen molar-refractivity contribution in [3.8, 4) is 11.1 Å². The Kier molecular flexibility index (Phi) is 3.98. The Morgan fingerprint density at radius 3 is 2.52 bits per heavy atom. The van der Waals surface area contributed by atoms with Gasteiger partial charge < -0.3 is 5.32 Å². The number of nitrogens with one attached hydrogen (secondary N) is 1. The third kappa shape index (κ3) is 2.89. The summed E-state index contributed by atoms with van der Waals surface area (Å²) in [6.45, 7) is 6.36. The Hall–Kier alpha value is -2.72. The van der Waals surface area contributed by atoms with E-state index in [1.807, 2.05) is 0 Å². The van der Waals surface area contributed by atoms with Gasteiger partial charge in [0.15, 0.2) is 0 Å². The van der Waals surface area contributed by atoms with Crippen molar-refractivity contribution in [3.63, 3.8) is 0 Å². The molecule has 0 saturated carbocycles. The quantitative estimate of drug-likeness (QED) is 0.493. The number of rotatable bonds is 3. The number of hydrogen-bond acceptors (Lipinski definition) is 4. The van der Waals surface area contributed by atoms with Crippen molar-refractivity contribution in [2.75, 3.05) is 5.32 Å². The predicted molar refractivity (Wildman–Crippen MR) is 107 cm³/mol. The molecule has 25 heavy (non-hydrogen) atoms. The minimum atomic E-state index is 0.857. The number of anilines is 2. The van der Waals surface area contributed by atoms with Gasteiger partial charge in [0.25, 0.3) is 0 Å². The first-order valence-corrected chi connectivity index (χ1v) is 9.14. The number of benzene rings is 2. The van der Waals surface area contributed by atoms with Gasteiger partial charge in [-0.15, -0.1) is 11.3 Å². The van der Waals surface area contributed by atoms with Crippen molar-refractivity contribution in [2.24, 2.45) is 0 Å². The van der Waals surface area contributed by atoms with Crippen molar-refractivity contribution >= 4 is 33.1 Å². The molecule has 124 valence electrons. The number of thiophene rings is 1. The molecule has 2 aromatic heterocycles. The summed E-state index contributed by atoms with van der Waals surface area (Å²) < 4.78 is 0. The molecule has 4 rings (SSSR count). The molecule has 0 atom stereocenters. The van der Waals surface area contributed by atoms with E-state index in [0.717, 1.165) is 21.7 Å². The normalized spacial score (nSPS) is 11.0. The van der Waals surface area contributed by atoms with Gasteiger partial charge in [-0.1, -0.05) is 42.0 Å². The van der Waals surface area contributed by atoms with E-state index < -0.39 is 0 Å². The highest BCUT2D eigenvalue weighted by Crippen LogP contribution is 2.37. The highest BCUT2D eigenvalue weighted by atomic mass is 32.1. The maximum Gasteiger partial charge on any atom is 0.143 e. The van der Waals surface area contributed by atoms with Gasteiger partial charge >= 0.3 is 0 Å². The molecule has 2 heterocycles. The average molecular weight is 345 g/mol. The van der Waals surface area contributed by atoms with Gasteiger partial charge in [-0.2, -0.15) is 0 Å². The molecule has 0 bridgehead atoms. The van der Waals surface area contributed by atoms with Crippen molar-refractivity contribution in [1.29, 1.82) is 0 Å².